The van der Waals surface area contributed by atoms with Crippen molar-refractivity contribution in [2.75, 3.05) is 11.9 Å². The topological polar surface area (TPSA) is 41.9 Å². The second kappa shape index (κ2) is 7.43. The molecule has 0 amide bonds. The van der Waals surface area contributed by atoms with Crippen LogP contribution in [0.2, 0.25) is 5.02 Å². The molecule has 0 fully saturated rings. The molecule has 21 heavy (non-hydrogen) atoms. The highest BCUT2D eigenvalue weighted by Gasteiger charge is 2.01. The molecule has 1 aromatic carbocycles. The maximum atomic E-state index is 6.08. The molecule has 0 saturated carbocycles. The fourth-order valence-corrected chi connectivity index (χ4v) is 2.31. The van der Waals surface area contributed by atoms with Gasteiger partial charge in [0, 0.05) is 35.7 Å². The van der Waals surface area contributed by atoms with Crippen molar-refractivity contribution in [1.82, 2.24) is 15.1 Å². The molecule has 0 aliphatic carbocycles. The van der Waals surface area contributed by atoms with Crippen molar-refractivity contribution in [3.8, 4) is 0 Å². The Balaban J connectivity index is 1.72. The highest BCUT2D eigenvalue weighted by Crippen LogP contribution is 2.19. The second-order valence-corrected chi connectivity index (χ2v) is 5.71. The molecule has 2 N–H and O–H groups in total. The molecule has 0 saturated heterocycles. The van der Waals surface area contributed by atoms with E-state index in [1.54, 1.807) is 0 Å². The van der Waals surface area contributed by atoms with Gasteiger partial charge in [-0.3, -0.25) is 4.68 Å². The molecule has 2 aromatic rings. The third-order valence-corrected chi connectivity index (χ3v) is 3.84. The van der Waals surface area contributed by atoms with E-state index in [4.69, 9.17) is 23.8 Å². The molecule has 112 valence electrons. The Morgan fingerprint density at radius 1 is 1.33 bits per heavy atom. The number of hydrogen-bond donors (Lipinski definition) is 2. The largest absolute Gasteiger partial charge is 0.362 e. The van der Waals surface area contributed by atoms with Crippen molar-refractivity contribution in [3.05, 3.63) is 46.7 Å². The van der Waals surface area contributed by atoms with Gasteiger partial charge in [-0.2, -0.15) is 5.10 Å². The smallest absolute Gasteiger partial charge is 0.170 e. The Labute approximate surface area is 135 Å². The van der Waals surface area contributed by atoms with Gasteiger partial charge in [-0.05, 0) is 56.2 Å². The monoisotopic (exact) mass is 322 g/mol. The third kappa shape index (κ3) is 4.72. The summed E-state index contributed by atoms with van der Waals surface area (Å²) in [4.78, 5) is 0. The van der Waals surface area contributed by atoms with Crippen LogP contribution >= 0.6 is 23.8 Å². The molecule has 0 aliphatic heterocycles. The summed E-state index contributed by atoms with van der Waals surface area (Å²) in [6.07, 6.45) is 2.77. The van der Waals surface area contributed by atoms with Gasteiger partial charge < -0.3 is 10.6 Å². The zero-order valence-corrected chi connectivity index (χ0v) is 13.8. The fourth-order valence-electron chi connectivity index (χ4n) is 1.91. The number of nitrogens with zero attached hydrogens (tertiary/aromatic N) is 2. The predicted molar refractivity (Wildman–Crippen MR) is 92.0 cm³/mol. The van der Waals surface area contributed by atoms with E-state index in [-0.39, 0.29) is 0 Å². The predicted octanol–water partition coefficient (Wildman–Crippen LogP) is 3.53. The van der Waals surface area contributed by atoms with E-state index in [1.165, 1.54) is 5.69 Å². The number of anilines is 1. The first kappa shape index (κ1) is 15.8. The maximum absolute atomic E-state index is 6.08. The van der Waals surface area contributed by atoms with Crippen LogP contribution in [0, 0.1) is 13.8 Å². The van der Waals surface area contributed by atoms with E-state index in [0.717, 1.165) is 35.8 Å². The maximum Gasteiger partial charge on any atom is 0.170 e. The van der Waals surface area contributed by atoms with E-state index < -0.39 is 0 Å². The minimum absolute atomic E-state index is 0.604. The summed E-state index contributed by atoms with van der Waals surface area (Å²) in [6, 6.07) is 7.80. The van der Waals surface area contributed by atoms with E-state index in [9.17, 15) is 0 Å². The van der Waals surface area contributed by atoms with Gasteiger partial charge >= 0.3 is 0 Å². The van der Waals surface area contributed by atoms with Crippen LogP contribution in [0.25, 0.3) is 0 Å². The summed E-state index contributed by atoms with van der Waals surface area (Å²) in [5.74, 6) is 0. The van der Waals surface area contributed by atoms with Gasteiger partial charge in [0.05, 0.1) is 0 Å². The molecule has 4 nitrogen and oxygen atoms in total. The minimum Gasteiger partial charge on any atom is -0.362 e. The average molecular weight is 323 g/mol. The van der Waals surface area contributed by atoms with Crippen LogP contribution in [0.3, 0.4) is 0 Å². The lowest BCUT2D eigenvalue weighted by molar-refractivity contribution is 0.561. The normalized spacial score (nSPS) is 10.4. The lowest BCUT2D eigenvalue weighted by Gasteiger charge is -2.11. The standard InChI is InChI=1S/C15H19ClN4S/c1-11-4-5-13(10-14(11)16)19-15(21)17-7-3-9-20-12(2)6-8-18-20/h4-6,8,10H,3,7,9H2,1-2H3,(H2,17,19,21). The molecule has 0 spiro atoms. The molecule has 1 aromatic heterocycles. The van der Waals surface area contributed by atoms with Crippen LogP contribution in [-0.4, -0.2) is 21.4 Å². The van der Waals surface area contributed by atoms with Crippen molar-refractivity contribution >= 4 is 34.6 Å². The minimum atomic E-state index is 0.604. The first-order chi connectivity index (χ1) is 10.1. The Kier molecular flexibility index (Phi) is 5.59. The highest BCUT2D eigenvalue weighted by atomic mass is 35.5. The van der Waals surface area contributed by atoms with Crippen LogP contribution in [0.4, 0.5) is 5.69 Å². The fraction of sp³-hybridized carbons (Fsp3) is 0.333. The Morgan fingerprint density at radius 2 is 2.14 bits per heavy atom. The quantitative estimate of drug-likeness (QED) is 0.653. The van der Waals surface area contributed by atoms with Gasteiger partial charge in [-0.1, -0.05) is 17.7 Å². The zero-order valence-electron chi connectivity index (χ0n) is 12.2. The summed E-state index contributed by atoms with van der Waals surface area (Å²) in [6.45, 7) is 5.70. The van der Waals surface area contributed by atoms with E-state index >= 15 is 0 Å². The first-order valence-corrected chi connectivity index (χ1v) is 7.64. The summed E-state index contributed by atoms with van der Waals surface area (Å²) in [5, 5.41) is 11.9. The molecule has 2 rings (SSSR count). The number of benzene rings is 1. The lowest BCUT2D eigenvalue weighted by atomic mass is 10.2. The van der Waals surface area contributed by atoms with Crippen molar-refractivity contribution in [2.24, 2.45) is 0 Å². The van der Waals surface area contributed by atoms with E-state index in [0.29, 0.717) is 5.11 Å². The van der Waals surface area contributed by atoms with Gasteiger partial charge in [0.2, 0.25) is 0 Å². The molecule has 0 atom stereocenters. The number of aryl methyl sites for hydroxylation is 3. The molecule has 0 aliphatic rings. The van der Waals surface area contributed by atoms with Crippen LogP contribution < -0.4 is 10.6 Å². The Bertz CT molecular complexity index is 624. The number of hydrogen-bond acceptors (Lipinski definition) is 2. The molecule has 0 unspecified atom stereocenters. The van der Waals surface area contributed by atoms with Gasteiger partial charge in [0.15, 0.2) is 5.11 Å². The number of rotatable bonds is 5. The number of nitrogens with one attached hydrogen (secondary N) is 2. The summed E-state index contributed by atoms with van der Waals surface area (Å²) < 4.78 is 1.98. The summed E-state index contributed by atoms with van der Waals surface area (Å²) >= 11 is 11.3. The molecular weight excluding hydrogens is 304 g/mol. The highest BCUT2D eigenvalue weighted by molar-refractivity contribution is 7.80. The number of aromatic nitrogens is 2. The third-order valence-electron chi connectivity index (χ3n) is 3.19. The van der Waals surface area contributed by atoms with Crippen molar-refractivity contribution in [3.63, 3.8) is 0 Å². The van der Waals surface area contributed by atoms with Crippen molar-refractivity contribution in [1.29, 1.82) is 0 Å². The zero-order chi connectivity index (χ0) is 15.2. The average Bonchev–Trinajstić information content (AvgIpc) is 2.85. The molecule has 1 heterocycles. The van der Waals surface area contributed by atoms with Gasteiger partial charge in [-0.15, -0.1) is 0 Å². The van der Waals surface area contributed by atoms with Crippen molar-refractivity contribution in [2.45, 2.75) is 26.8 Å². The number of thiocarbonyl (C=S) groups is 1. The van der Waals surface area contributed by atoms with Crippen molar-refractivity contribution < 1.29 is 0 Å². The first-order valence-electron chi connectivity index (χ1n) is 6.85. The molecular formula is C15H19ClN4S. The van der Waals surface area contributed by atoms with Crippen LogP contribution in [0.5, 0.6) is 0 Å². The second-order valence-electron chi connectivity index (χ2n) is 4.89. The van der Waals surface area contributed by atoms with Crippen LogP contribution in [-0.2, 0) is 6.54 Å². The summed E-state index contributed by atoms with van der Waals surface area (Å²) in [7, 11) is 0. The van der Waals surface area contributed by atoms with Gasteiger partial charge in [0.25, 0.3) is 0 Å². The Hall–Kier alpha value is -1.59. The Morgan fingerprint density at radius 3 is 2.81 bits per heavy atom. The van der Waals surface area contributed by atoms with Crippen LogP contribution in [0.1, 0.15) is 17.7 Å². The van der Waals surface area contributed by atoms with E-state index in [2.05, 4.69) is 15.7 Å². The van der Waals surface area contributed by atoms with E-state index in [1.807, 2.05) is 49.0 Å². The number of halogens is 1. The van der Waals surface area contributed by atoms with Gasteiger partial charge in [-0.25, -0.2) is 0 Å². The molecule has 6 heteroatoms. The molecule has 0 radical (unpaired) electrons. The van der Waals surface area contributed by atoms with Gasteiger partial charge in [0.1, 0.15) is 0 Å². The molecule has 0 bridgehead atoms. The van der Waals surface area contributed by atoms with Crippen LogP contribution in [0.15, 0.2) is 30.5 Å². The summed E-state index contributed by atoms with van der Waals surface area (Å²) in [5.41, 5.74) is 3.12. The lowest BCUT2D eigenvalue weighted by Crippen LogP contribution is -2.29. The SMILES string of the molecule is Cc1ccc(NC(=S)NCCCn2nccc2C)cc1Cl.